The van der Waals surface area contributed by atoms with E-state index in [0.29, 0.717) is 24.0 Å². The van der Waals surface area contributed by atoms with E-state index in [2.05, 4.69) is 41.3 Å². The Kier molecular flexibility index (Phi) is 10.8. The summed E-state index contributed by atoms with van der Waals surface area (Å²) < 4.78 is 15.0. The van der Waals surface area contributed by atoms with Crippen molar-refractivity contribution in [3.05, 3.63) is 59.4 Å². The van der Waals surface area contributed by atoms with Crippen LogP contribution in [0, 0.1) is 24.6 Å². The summed E-state index contributed by atoms with van der Waals surface area (Å²) in [6, 6.07) is 12.4. The van der Waals surface area contributed by atoms with Crippen LogP contribution in [0.5, 0.6) is 0 Å². The predicted octanol–water partition coefficient (Wildman–Crippen LogP) is 3.62. The minimum Gasteiger partial charge on any atom is -0.353 e. The molecule has 3 N–H and O–H groups in total. The number of nitrogens with zero attached hydrogens (tertiary/aromatic N) is 6. The molecule has 3 amide bonds. The number of hydrogen-bond acceptors (Lipinski definition) is 7. The Hall–Kier alpha value is -3.90. The lowest BCUT2D eigenvalue weighted by Crippen LogP contribution is -2.56. The minimum absolute atomic E-state index is 0.0265. The number of carbonyl (C=O) groups is 2. The first kappa shape index (κ1) is 32.5. The van der Waals surface area contributed by atoms with Crippen LogP contribution in [0.25, 0.3) is 11.4 Å². The highest BCUT2D eigenvalue weighted by Gasteiger charge is 2.34. The molecule has 2 fully saturated rings. The summed E-state index contributed by atoms with van der Waals surface area (Å²) in [4.78, 5) is 30.7. The first-order chi connectivity index (χ1) is 21.6. The van der Waals surface area contributed by atoms with Crippen molar-refractivity contribution in [2.24, 2.45) is 18.9 Å². The Balaban J connectivity index is 1.24. The molecule has 0 saturated carbocycles. The highest BCUT2D eigenvalue weighted by molar-refractivity contribution is 5.90. The highest BCUT2D eigenvalue weighted by Crippen LogP contribution is 2.26. The van der Waals surface area contributed by atoms with E-state index in [-0.39, 0.29) is 35.8 Å². The van der Waals surface area contributed by atoms with Gasteiger partial charge < -0.3 is 20.9 Å². The van der Waals surface area contributed by atoms with E-state index in [1.165, 1.54) is 12.1 Å². The number of anilines is 1. The molecule has 0 aliphatic carbocycles. The third-order valence-corrected chi connectivity index (χ3v) is 8.70. The van der Waals surface area contributed by atoms with Crippen LogP contribution in [-0.4, -0.2) is 93.3 Å². The van der Waals surface area contributed by atoms with Crippen molar-refractivity contribution in [1.82, 2.24) is 40.6 Å². The molecule has 0 unspecified atom stereocenters. The molecule has 1 aromatic heterocycles. The second-order valence-electron chi connectivity index (χ2n) is 13.0. The van der Waals surface area contributed by atoms with Crippen molar-refractivity contribution >= 4 is 17.6 Å². The largest absolute Gasteiger partial charge is 0.353 e. The van der Waals surface area contributed by atoms with Gasteiger partial charge in [-0.05, 0) is 111 Å². The van der Waals surface area contributed by atoms with Crippen molar-refractivity contribution in [3.8, 4) is 11.4 Å². The summed E-state index contributed by atoms with van der Waals surface area (Å²) >= 11 is 0. The van der Waals surface area contributed by atoms with Crippen LogP contribution in [0.2, 0.25) is 0 Å². The minimum atomic E-state index is -0.253. The molecule has 5 rings (SSSR count). The van der Waals surface area contributed by atoms with Crippen LogP contribution in [0.3, 0.4) is 0 Å². The van der Waals surface area contributed by atoms with E-state index in [1.807, 2.05) is 51.1 Å². The molecule has 11 nitrogen and oxygen atoms in total. The number of rotatable bonds is 10. The van der Waals surface area contributed by atoms with E-state index >= 15 is 0 Å². The summed E-state index contributed by atoms with van der Waals surface area (Å²) in [6.45, 7) is 10.5. The van der Waals surface area contributed by atoms with Gasteiger partial charge in [0.2, 0.25) is 5.91 Å². The molecule has 242 valence electrons. The number of nitrogens with one attached hydrogen (secondary N) is 3. The molecule has 0 radical (unpaired) electrons. The van der Waals surface area contributed by atoms with Gasteiger partial charge in [-0.25, -0.2) is 13.9 Å². The van der Waals surface area contributed by atoms with Crippen molar-refractivity contribution < 1.29 is 14.0 Å². The third kappa shape index (κ3) is 9.30. The highest BCUT2D eigenvalue weighted by atomic mass is 19.1. The Morgan fingerprint density at radius 3 is 2.58 bits per heavy atom. The zero-order chi connectivity index (χ0) is 31.9. The lowest BCUT2D eigenvalue weighted by molar-refractivity contribution is -0.123. The lowest BCUT2D eigenvalue weighted by atomic mass is 9.88. The third-order valence-electron chi connectivity index (χ3n) is 8.70. The molecule has 12 heteroatoms. The maximum absolute atomic E-state index is 13.4. The molecule has 2 aliphatic heterocycles. The molecule has 2 aromatic carbocycles. The summed E-state index contributed by atoms with van der Waals surface area (Å²) in [5, 5.41) is 21.1. The second kappa shape index (κ2) is 14.9. The van der Waals surface area contributed by atoms with Crippen LogP contribution in [0.4, 0.5) is 14.9 Å². The van der Waals surface area contributed by atoms with Gasteiger partial charge in [-0.15, -0.1) is 5.10 Å². The van der Waals surface area contributed by atoms with Gasteiger partial charge in [-0.1, -0.05) is 12.1 Å². The number of piperidine rings is 2. The van der Waals surface area contributed by atoms with Gasteiger partial charge >= 0.3 is 6.03 Å². The van der Waals surface area contributed by atoms with Gasteiger partial charge in [0, 0.05) is 62.5 Å². The lowest BCUT2D eigenvalue weighted by Gasteiger charge is -2.42. The number of likely N-dealkylation sites (tertiary alicyclic amines) is 2. The molecule has 0 spiro atoms. The zero-order valence-electron chi connectivity index (χ0n) is 26.8. The number of benzene rings is 2. The smallest absolute Gasteiger partial charge is 0.319 e. The number of amides is 3. The van der Waals surface area contributed by atoms with Gasteiger partial charge in [0.05, 0.1) is 6.54 Å². The Morgan fingerprint density at radius 2 is 1.84 bits per heavy atom. The fourth-order valence-electron chi connectivity index (χ4n) is 6.76. The summed E-state index contributed by atoms with van der Waals surface area (Å²) in [7, 11) is 1.78. The Morgan fingerprint density at radius 1 is 1.04 bits per heavy atom. The first-order valence-corrected chi connectivity index (χ1v) is 16.0. The molecule has 0 bridgehead atoms. The summed E-state index contributed by atoms with van der Waals surface area (Å²) in [5.74, 6) is 1.09. The number of urea groups is 1. The molecule has 45 heavy (non-hydrogen) atoms. The first-order valence-electron chi connectivity index (χ1n) is 16.0. The maximum atomic E-state index is 13.4. The van der Waals surface area contributed by atoms with Gasteiger partial charge in [0.15, 0.2) is 5.82 Å². The monoisotopic (exact) mass is 619 g/mol. The molecule has 2 aliphatic rings. The average Bonchev–Trinajstić information content (AvgIpc) is 3.41. The number of aromatic nitrogens is 4. The number of aryl methyl sites for hydroxylation is 2. The average molecular weight is 620 g/mol. The standard InChI is InChI=1S/C33H46FN9O2/c1-22(2)35-31(44)21-43-13-11-30(37-33(45)36-29-15-23(3)14-26(17-29)32-38-39-40-41(32)4)27(20-43)19-42-12-5-6-25(18-42)16-24-7-9-28(34)10-8-24/h7-10,14-15,17,22,25,27,30H,5-6,11-13,16,18-21H2,1-4H3,(H,35,44)(H2,36,37,45)/t25-,27-,30+/m0/s1. The molecule has 3 atom stereocenters. The fraction of sp³-hybridized carbons (Fsp3) is 0.545. The topological polar surface area (TPSA) is 120 Å². The van der Waals surface area contributed by atoms with Gasteiger partial charge in [-0.3, -0.25) is 9.69 Å². The fourth-order valence-corrected chi connectivity index (χ4v) is 6.76. The van der Waals surface area contributed by atoms with Crippen LogP contribution < -0.4 is 16.0 Å². The van der Waals surface area contributed by atoms with Crippen LogP contribution in [0.1, 0.15) is 44.2 Å². The Labute approximate surface area is 264 Å². The van der Waals surface area contributed by atoms with Crippen molar-refractivity contribution in [2.75, 3.05) is 44.6 Å². The van der Waals surface area contributed by atoms with E-state index in [9.17, 15) is 14.0 Å². The Bertz CT molecular complexity index is 1440. The molecular formula is C33H46FN9O2. The van der Waals surface area contributed by atoms with Crippen LogP contribution in [-0.2, 0) is 18.3 Å². The van der Waals surface area contributed by atoms with Crippen molar-refractivity contribution in [1.29, 1.82) is 0 Å². The van der Waals surface area contributed by atoms with Gasteiger partial charge in [0.25, 0.3) is 0 Å². The van der Waals surface area contributed by atoms with Gasteiger partial charge in [-0.2, -0.15) is 0 Å². The number of tetrazole rings is 1. The van der Waals surface area contributed by atoms with E-state index in [0.717, 1.165) is 75.1 Å². The normalized spacial score (nSPS) is 21.1. The van der Waals surface area contributed by atoms with E-state index in [4.69, 9.17) is 0 Å². The van der Waals surface area contributed by atoms with E-state index in [1.54, 1.807) is 11.7 Å². The maximum Gasteiger partial charge on any atom is 0.319 e. The zero-order valence-corrected chi connectivity index (χ0v) is 26.8. The molecule has 2 saturated heterocycles. The molecule has 3 heterocycles. The summed E-state index contributed by atoms with van der Waals surface area (Å²) in [6.07, 6.45) is 3.93. The van der Waals surface area contributed by atoms with Crippen LogP contribution >= 0.6 is 0 Å². The molecular weight excluding hydrogens is 573 g/mol. The number of hydrogen-bond donors (Lipinski definition) is 3. The number of carbonyl (C=O) groups excluding carboxylic acids is 2. The second-order valence-corrected chi connectivity index (χ2v) is 13.0. The van der Waals surface area contributed by atoms with Crippen molar-refractivity contribution in [3.63, 3.8) is 0 Å². The SMILES string of the molecule is Cc1cc(NC(=O)N[C@@H]2CCN(CC(=O)NC(C)C)C[C@@H]2CN2CCC[C@@H](Cc3ccc(F)cc3)C2)cc(-c2nnnn2C)c1. The van der Waals surface area contributed by atoms with Crippen LogP contribution in [0.15, 0.2) is 42.5 Å². The predicted molar refractivity (Wildman–Crippen MR) is 172 cm³/mol. The van der Waals surface area contributed by atoms with E-state index < -0.39 is 0 Å². The summed E-state index contributed by atoms with van der Waals surface area (Å²) in [5.41, 5.74) is 3.64. The quantitative estimate of drug-likeness (QED) is 0.317. The van der Waals surface area contributed by atoms with Crippen molar-refractivity contribution in [2.45, 2.75) is 58.5 Å². The number of halogens is 1. The van der Waals surface area contributed by atoms with Gasteiger partial charge in [0.1, 0.15) is 5.82 Å². The molecule has 3 aromatic rings.